The summed E-state index contributed by atoms with van der Waals surface area (Å²) in [5.41, 5.74) is 2.32. The van der Waals surface area contributed by atoms with E-state index in [0.717, 1.165) is 17.7 Å². The molecule has 3 rings (SSSR count). The molecule has 36 heavy (non-hydrogen) atoms. The predicted octanol–water partition coefficient (Wildman–Crippen LogP) is 5.12. The molecule has 1 aromatic rings. The van der Waals surface area contributed by atoms with Gasteiger partial charge in [0.1, 0.15) is 17.6 Å². The molecule has 8 heteroatoms. The minimum absolute atomic E-state index is 0.0751. The third kappa shape index (κ3) is 7.06. The van der Waals surface area contributed by atoms with E-state index in [1.165, 1.54) is 24.2 Å². The van der Waals surface area contributed by atoms with E-state index in [1.54, 1.807) is 32.5 Å². The van der Waals surface area contributed by atoms with Crippen molar-refractivity contribution in [2.24, 2.45) is 0 Å². The van der Waals surface area contributed by atoms with Crippen LogP contribution in [0.1, 0.15) is 32.3 Å². The number of ether oxygens (including phenoxy) is 1. The zero-order chi connectivity index (χ0) is 26.1. The van der Waals surface area contributed by atoms with Crippen LogP contribution in [0.2, 0.25) is 0 Å². The van der Waals surface area contributed by atoms with Crippen molar-refractivity contribution >= 4 is 29.1 Å². The number of ketones is 1. The van der Waals surface area contributed by atoms with Crippen LogP contribution in [0.15, 0.2) is 78.2 Å². The molecule has 0 bridgehead atoms. The number of carbonyl (C=O) groups is 1. The van der Waals surface area contributed by atoms with Gasteiger partial charge in [0.15, 0.2) is 0 Å². The maximum absolute atomic E-state index is 13.9. The highest BCUT2D eigenvalue weighted by Gasteiger charge is 2.32. The Labute approximate surface area is 217 Å². The molecule has 0 radical (unpaired) electrons. The second kappa shape index (κ2) is 12.9. The Bertz CT molecular complexity index is 1110. The van der Waals surface area contributed by atoms with Crippen LogP contribution in [0, 0.1) is 11.2 Å². The highest BCUT2D eigenvalue weighted by molar-refractivity contribution is 7.96. The van der Waals surface area contributed by atoms with Crippen molar-refractivity contribution in [3.8, 4) is 0 Å². The average Bonchev–Trinajstić information content (AvgIpc) is 2.87. The quantitative estimate of drug-likeness (QED) is 0.267. The van der Waals surface area contributed by atoms with Crippen molar-refractivity contribution in [1.29, 1.82) is 5.41 Å². The molecule has 0 aromatic heterocycles. The van der Waals surface area contributed by atoms with Crippen LogP contribution in [0.4, 0.5) is 4.39 Å². The second-order valence-electron chi connectivity index (χ2n) is 8.73. The molecule has 3 unspecified atom stereocenters. The molecule has 6 nitrogen and oxygen atoms in total. The highest BCUT2D eigenvalue weighted by atomic mass is 32.2. The van der Waals surface area contributed by atoms with Crippen LogP contribution in [0.5, 0.6) is 0 Å². The zero-order valence-corrected chi connectivity index (χ0v) is 22.0. The fourth-order valence-corrected chi connectivity index (χ4v) is 4.75. The first-order chi connectivity index (χ1) is 17.3. The molecule has 3 atom stereocenters. The maximum Gasteiger partial charge on any atom is 0.207 e. The van der Waals surface area contributed by atoms with E-state index < -0.39 is 11.8 Å². The number of halogens is 1. The van der Waals surface area contributed by atoms with Gasteiger partial charge in [-0.15, -0.1) is 0 Å². The largest absolute Gasteiger partial charge is 0.393 e. The number of Topliss-reactive ketones (excluding diaryl/α,β-unsaturated/α-hetero) is 1. The van der Waals surface area contributed by atoms with Gasteiger partial charge < -0.3 is 19.6 Å². The number of nitrogens with one attached hydrogen (secondary N) is 3. The Morgan fingerprint density at radius 2 is 2.08 bits per heavy atom. The Hall–Kier alpha value is -2.94. The van der Waals surface area contributed by atoms with Crippen molar-refractivity contribution in [2.45, 2.75) is 43.6 Å². The molecule has 2 aliphatic rings. The fraction of sp³-hybridized carbons (Fsp3) is 0.357. The summed E-state index contributed by atoms with van der Waals surface area (Å²) >= 11 is 1.37. The molecule has 0 saturated carbocycles. The molecule has 1 aromatic carbocycles. The van der Waals surface area contributed by atoms with Crippen LogP contribution < -0.4 is 10.6 Å². The van der Waals surface area contributed by atoms with Gasteiger partial charge in [-0.1, -0.05) is 36.4 Å². The number of allylic oxidation sites excluding steroid dienone is 3. The molecule has 0 heterocycles. The van der Waals surface area contributed by atoms with Crippen molar-refractivity contribution in [2.75, 3.05) is 20.8 Å². The number of rotatable bonds is 12. The third-order valence-electron chi connectivity index (χ3n) is 5.92. The molecule has 0 saturated heterocycles. The zero-order valence-electron chi connectivity index (χ0n) is 21.1. The van der Waals surface area contributed by atoms with Gasteiger partial charge in [-0.25, -0.2) is 4.39 Å². The molecular formula is C28H34FN3O3S. The molecule has 0 spiro atoms. The van der Waals surface area contributed by atoms with E-state index in [1.807, 2.05) is 43.4 Å². The van der Waals surface area contributed by atoms with Crippen LogP contribution >= 0.6 is 12.0 Å². The molecule has 192 valence electrons. The maximum atomic E-state index is 13.9. The van der Waals surface area contributed by atoms with Crippen LogP contribution in [-0.4, -0.2) is 49.2 Å². The number of hydrogen-bond donors (Lipinski definition) is 3. The summed E-state index contributed by atoms with van der Waals surface area (Å²) in [5, 5.41) is 15.1. The summed E-state index contributed by atoms with van der Waals surface area (Å²) in [5.74, 6) is -0.776. The lowest BCUT2D eigenvalue weighted by Gasteiger charge is -2.29. The summed E-state index contributed by atoms with van der Waals surface area (Å²) in [7, 11) is 3.34. The topological polar surface area (TPSA) is 83.4 Å². The van der Waals surface area contributed by atoms with E-state index in [0.29, 0.717) is 24.2 Å². The van der Waals surface area contributed by atoms with Crippen molar-refractivity contribution < 1.29 is 18.1 Å². The third-order valence-corrected chi connectivity index (χ3v) is 6.77. The first-order valence-electron chi connectivity index (χ1n) is 11.9. The van der Waals surface area contributed by atoms with Crippen LogP contribution in [-0.2, 0) is 13.7 Å². The van der Waals surface area contributed by atoms with Gasteiger partial charge in [-0.05, 0) is 62.1 Å². The van der Waals surface area contributed by atoms with E-state index >= 15 is 0 Å². The summed E-state index contributed by atoms with van der Waals surface area (Å²) in [4.78, 5) is 13.9. The molecule has 0 fully saturated rings. The number of benzene rings is 1. The Balaban J connectivity index is 1.94. The molecular weight excluding hydrogens is 477 g/mol. The Morgan fingerprint density at radius 1 is 1.33 bits per heavy atom. The van der Waals surface area contributed by atoms with E-state index in [2.05, 4.69) is 17.6 Å². The van der Waals surface area contributed by atoms with E-state index in [9.17, 15) is 9.18 Å². The summed E-state index contributed by atoms with van der Waals surface area (Å²) in [6.45, 7) is 4.61. The van der Waals surface area contributed by atoms with Crippen LogP contribution in [0.3, 0.4) is 0 Å². The Kier molecular flexibility index (Phi) is 9.87. The van der Waals surface area contributed by atoms with Gasteiger partial charge in [0.05, 0.1) is 18.0 Å². The predicted molar refractivity (Wildman–Crippen MR) is 145 cm³/mol. The summed E-state index contributed by atoms with van der Waals surface area (Å²) < 4.78 is 24.3. The lowest BCUT2D eigenvalue weighted by atomic mass is 9.88. The van der Waals surface area contributed by atoms with E-state index in [4.69, 9.17) is 14.3 Å². The molecule has 2 aliphatic carbocycles. The van der Waals surface area contributed by atoms with Gasteiger partial charge in [-0.3, -0.25) is 10.2 Å². The lowest BCUT2D eigenvalue weighted by molar-refractivity contribution is -0.113. The van der Waals surface area contributed by atoms with Gasteiger partial charge in [0.2, 0.25) is 5.78 Å². The van der Waals surface area contributed by atoms with Crippen molar-refractivity contribution in [1.82, 2.24) is 10.6 Å². The normalized spacial score (nSPS) is 22.5. The lowest BCUT2D eigenvalue weighted by Crippen LogP contribution is -2.42. The standard InChI is InChI=1S/C28H34FN3O3S/c1-5-35-23-8-6-7-22(17-23)32-26(20-13-15-28(2,16-14-20)36-34-4)27(33)25(30)24(18-31-3)19-9-11-21(29)12-10-19/h6-7,9-15,17-18,23,26,30-32H,5,8,16H2,1-4H3/b24-18-,30-25?. The first kappa shape index (κ1) is 27.6. The SMILES string of the molecule is CCOC1C=C(NC(C(=O)C(=N)/C(=C\NC)c2ccc(F)cc2)C2=CCC(C)(SOC)C=C2)C=CC1. The van der Waals surface area contributed by atoms with Gasteiger partial charge in [-0.2, -0.15) is 0 Å². The summed E-state index contributed by atoms with van der Waals surface area (Å²) in [6.07, 6.45) is 14.8. The fourth-order valence-electron chi connectivity index (χ4n) is 4.09. The smallest absolute Gasteiger partial charge is 0.207 e. The number of carbonyl (C=O) groups excluding carboxylic acids is 1. The average molecular weight is 512 g/mol. The minimum atomic E-state index is -0.789. The van der Waals surface area contributed by atoms with Gasteiger partial charge in [0.25, 0.3) is 0 Å². The van der Waals surface area contributed by atoms with Gasteiger partial charge >= 0.3 is 0 Å². The van der Waals surface area contributed by atoms with Crippen molar-refractivity contribution in [3.05, 3.63) is 89.6 Å². The molecule has 0 amide bonds. The second-order valence-corrected chi connectivity index (χ2v) is 10.2. The van der Waals surface area contributed by atoms with Gasteiger partial charge in [0, 0.05) is 43.2 Å². The highest BCUT2D eigenvalue weighted by Crippen LogP contribution is 2.35. The summed E-state index contributed by atoms with van der Waals surface area (Å²) in [6, 6.07) is 4.98. The minimum Gasteiger partial charge on any atom is -0.393 e. The molecule has 3 N–H and O–H groups in total. The Morgan fingerprint density at radius 3 is 2.69 bits per heavy atom. The molecule has 0 aliphatic heterocycles. The number of hydrogen-bond acceptors (Lipinski definition) is 7. The van der Waals surface area contributed by atoms with Crippen LogP contribution in [0.25, 0.3) is 5.57 Å². The monoisotopic (exact) mass is 511 g/mol. The van der Waals surface area contributed by atoms with E-state index in [-0.39, 0.29) is 22.4 Å². The van der Waals surface area contributed by atoms with Crippen molar-refractivity contribution in [3.63, 3.8) is 0 Å². The first-order valence-corrected chi connectivity index (χ1v) is 12.7.